The van der Waals surface area contributed by atoms with E-state index in [-0.39, 0.29) is 11.1 Å². The van der Waals surface area contributed by atoms with Gasteiger partial charge in [-0.05, 0) is 25.6 Å². The smallest absolute Gasteiger partial charge is 0.142 e. The monoisotopic (exact) mass is 245 g/mol. The highest BCUT2D eigenvalue weighted by molar-refractivity contribution is 6.30. The van der Waals surface area contributed by atoms with Gasteiger partial charge in [-0.3, -0.25) is 0 Å². The molecule has 90 valence electrons. The maximum atomic E-state index is 12.9. The zero-order valence-corrected chi connectivity index (χ0v) is 10.4. The average molecular weight is 246 g/mol. The molecule has 0 aliphatic rings. The van der Waals surface area contributed by atoms with Crippen LogP contribution < -0.4 is 10.1 Å². The molecule has 1 aromatic carbocycles. The van der Waals surface area contributed by atoms with E-state index in [4.69, 9.17) is 16.3 Å². The minimum atomic E-state index is -0.422. The standard InChI is InChI=1S/C12H17ClFNO/c1-3-4-10(8-15-2)16-9-5-6-12(14)11(13)7-9/h5-7,10,15H,3-4,8H2,1-2H3. The summed E-state index contributed by atoms with van der Waals surface area (Å²) in [4.78, 5) is 0. The lowest BCUT2D eigenvalue weighted by Gasteiger charge is -2.18. The van der Waals surface area contributed by atoms with E-state index in [0.717, 1.165) is 19.4 Å². The molecule has 0 radical (unpaired) electrons. The minimum absolute atomic E-state index is 0.0940. The maximum absolute atomic E-state index is 12.9. The molecule has 1 N–H and O–H groups in total. The molecule has 1 unspecified atom stereocenters. The van der Waals surface area contributed by atoms with Gasteiger partial charge in [0.05, 0.1) is 5.02 Å². The van der Waals surface area contributed by atoms with Crippen LogP contribution in [0.3, 0.4) is 0 Å². The highest BCUT2D eigenvalue weighted by Gasteiger charge is 2.09. The van der Waals surface area contributed by atoms with Gasteiger partial charge in [0.25, 0.3) is 0 Å². The second-order valence-corrected chi connectivity index (χ2v) is 4.07. The Hall–Kier alpha value is -0.800. The Morgan fingerprint density at radius 3 is 2.81 bits per heavy atom. The van der Waals surface area contributed by atoms with E-state index in [1.54, 1.807) is 6.07 Å². The average Bonchev–Trinajstić information content (AvgIpc) is 2.24. The van der Waals surface area contributed by atoms with Crippen LogP contribution in [0, 0.1) is 5.82 Å². The summed E-state index contributed by atoms with van der Waals surface area (Å²) in [5, 5.41) is 3.16. The summed E-state index contributed by atoms with van der Waals surface area (Å²) in [5.41, 5.74) is 0. The number of ether oxygens (including phenoxy) is 1. The molecule has 0 aliphatic heterocycles. The van der Waals surface area contributed by atoms with Crippen LogP contribution in [-0.2, 0) is 0 Å². The predicted molar refractivity (Wildman–Crippen MR) is 64.7 cm³/mol. The molecule has 4 heteroatoms. The van der Waals surface area contributed by atoms with Gasteiger partial charge in [0.2, 0.25) is 0 Å². The van der Waals surface area contributed by atoms with Crippen molar-refractivity contribution in [1.29, 1.82) is 0 Å². The Morgan fingerprint density at radius 2 is 2.25 bits per heavy atom. The molecule has 2 nitrogen and oxygen atoms in total. The fourth-order valence-electron chi connectivity index (χ4n) is 1.49. The molecule has 1 atom stereocenters. The number of rotatable bonds is 6. The second kappa shape index (κ2) is 6.71. The van der Waals surface area contributed by atoms with Crippen molar-refractivity contribution in [3.63, 3.8) is 0 Å². The fraction of sp³-hybridized carbons (Fsp3) is 0.500. The Morgan fingerprint density at radius 1 is 1.50 bits per heavy atom. The summed E-state index contributed by atoms with van der Waals surface area (Å²) in [7, 11) is 1.88. The van der Waals surface area contributed by atoms with Gasteiger partial charge in [-0.15, -0.1) is 0 Å². The van der Waals surface area contributed by atoms with Crippen molar-refractivity contribution in [3.05, 3.63) is 29.0 Å². The third-order valence-corrected chi connectivity index (χ3v) is 2.53. The third-order valence-electron chi connectivity index (χ3n) is 2.24. The van der Waals surface area contributed by atoms with Gasteiger partial charge in [-0.25, -0.2) is 4.39 Å². The number of hydrogen-bond acceptors (Lipinski definition) is 2. The predicted octanol–water partition coefficient (Wildman–Crippen LogP) is 3.25. The molecular weight excluding hydrogens is 229 g/mol. The first kappa shape index (κ1) is 13.3. The number of likely N-dealkylation sites (N-methyl/N-ethyl adjacent to an activating group) is 1. The second-order valence-electron chi connectivity index (χ2n) is 3.66. The van der Waals surface area contributed by atoms with Crippen molar-refractivity contribution in [2.24, 2.45) is 0 Å². The van der Waals surface area contributed by atoms with Crippen LogP contribution in [0.2, 0.25) is 5.02 Å². The molecular formula is C12H17ClFNO. The molecule has 0 amide bonds. The van der Waals surface area contributed by atoms with Crippen LogP contribution in [0.1, 0.15) is 19.8 Å². The summed E-state index contributed by atoms with van der Waals surface area (Å²) in [6.07, 6.45) is 2.09. The molecule has 0 aromatic heterocycles. The summed E-state index contributed by atoms with van der Waals surface area (Å²) in [6, 6.07) is 4.43. The van der Waals surface area contributed by atoms with Crippen molar-refractivity contribution in [2.45, 2.75) is 25.9 Å². The zero-order chi connectivity index (χ0) is 12.0. The summed E-state index contributed by atoms with van der Waals surface area (Å²) < 4.78 is 18.6. The largest absolute Gasteiger partial charge is 0.489 e. The molecule has 0 saturated carbocycles. The van der Waals surface area contributed by atoms with Crippen LogP contribution in [0.4, 0.5) is 4.39 Å². The Bertz CT molecular complexity index is 327. The van der Waals surface area contributed by atoms with E-state index in [0.29, 0.717) is 5.75 Å². The quantitative estimate of drug-likeness (QED) is 0.831. The van der Waals surface area contributed by atoms with Crippen LogP contribution in [-0.4, -0.2) is 19.7 Å². The minimum Gasteiger partial charge on any atom is -0.489 e. The van der Waals surface area contributed by atoms with Gasteiger partial charge in [0, 0.05) is 12.6 Å². The molecule has 0 spiro atoms. The van der Waals surface area contributed by atoms with E-state index in [1.807, 2.05) is 7.05 Å². The number of halogens is 2. The molecule has 0 fully saturated rings. The molecule has 0 heterocycles. The van der Waals surface area contributed by atoms with Crippen molar-refractivity contribution in [1.82, 2.24) is 5.32 Å². The Kier molecular flexibility index (Phi) is 5.56. The first-order chi connectivity index (χ1) is 7.67. The number of hydrogen-bond donors (Lipinski definition) is 1. The number of nitrogens with one attached hydrogen (secondary N) is 1. The molecule has 16 heavy (non-hydrogen) atoms. The van der Waals surface area contributed by atoms with Crippen molar-refractivity contribution >= 4 is 11.6 Å². The SMILES string of the molecule is CCCC(CNC)Oc1ccc(F)c(Cl)c1. The highest BCUT2D eigenvalue weighted by Crippen LogP contribution is 2.22. The van der Waals surface area contributed by atoms with E-state index in [1.165, 1.54) is 12.1 Å². The van der Waals surface area contributed by atoms with Gasteiger partial charge in [0.15, 0.2) is 0 Å². The van der Waals surface area contributed by atoms with E-state index in [2.05, 4.69) is 12.2 Å². The third kappa shape index (κ3) is 3.99. The highest BCUT2D eigenvalue weighted by atomic mass is 35.5. The van der Waals surface area contributed by atoms with Crippen LogP contribution in [0.5, 0.6) is 5.75 Å². The molecule has 1 aromatic rings. The Balaban J connectivity index is 2.65. The summed E-state index contributed by atoms with van der Waals surface area (Å²) >= 11 is 5.68. The van der Waals surface area contributed by atoms with Crippen LogP contribution in [0.25, 0.3) is 0 Å². The van der Waals surface area contributed by atoms with E-state index < -0.39 is 5.82 Å². The fourth-order valence-corrected chi connectivity index (χ4v) is 1.67. The van der Waals surface area contributed by atoms with Gasteiger partial charge < -0.3 is 10.1 Å². The molecule has 0 aliphatic carbocycles. The van der Waals surface area contributed by atoms with E-state index in [9.17, 15) is 4.39 Å². The summed E-state index contributed by atoms with van der Waals surface area (Å²) in [6.45, 7) is 2.87. The lowest BCUT2D eigenvalue weighted by atomic mass is 10.2. The van der Waals surface area contributed by atoms with Crippen LogP contribution >= 0.6 is 11.6 Å². The molecule has 0 saturated heterocycles. The van der Waals surface area contributed by atoms with Crippen LogP contribution in [0.15, 0.2) is 18.2 Å². The normalized spacial score (nSPS) is 12.5. The summed E-state index contributed by atoms with van der Waals surface area (Å²) in [5.74, 6) is 0.190. The number of benzene rings is 1. The maximum Gasteiger partial charge on any atom is 0.142 e. The van der Waals surface area contributed by atoms with Crippen molar-refractivity contribution in [3.8, 4) is 5.75 Å². The molecule has 0 bridgehead atoms. The first-order valence-electron chi connectivity index (χ1n) is 5.43. The zero-order valence-electron chi connectivity index (χ0n) is 9.59. The molecule has 1 rings (SSSR count). The van der Waals surface area contributed by atoms with Gasteiger partial charge in [0.1, 0.15) is 17.7 Å². The first-order valence-corrected chi connectivity index (χ1v) is 5.81. The van der Waals surface area contributed by atoms with E-state index >= 15 is 0 Å². The van der Waals surface area contributed by atoms with Crippen molar-refractivity contribution < 1.29 is 9.13 Å². The Labute approximate surface area is 101 Å². The van der Waals surface area contributed by atoms with Crippen molar-refractivity contribution in [2.75, 3.05) is 13.6 Å². The topological polar surface area (TPSA) is 21.3 Å². The lowest BCUT2D eigenvalue weighted by Crippen LogP contribution is -2.29. The van der Waals surface area contributed by atoms with Gasteiger partial charge >= 0.3 is 0 Å². The lowest BCUT2D eigenvalue weighted by molar-refractivity contribution is 0.189. The van der Waals surface area contributed by atoms with Gasteiger partial charge in [-0.2, -0.15) is 0 Å². The van der Waals surface area contributed by atoms with Gasteiger partial charge in [-0.1, -0.05) is 24.9 Å².